The Morgan fingerprint density at radius 1 is 1.06 bits per heavy atom. The number of nitrogens with zero attached hydrogens (tertiary/aromatic N) is 2. The lowest BCUT2D eigenvalue weighted by atomic mass is 10.0. The van der Waals surface area contributed by atoms with Crippen molar-refractivity contribution < 1.29 is 31.8 Å². The third kappa shape index (κ3) is 4.59. The van der Waals surface area contributed by atoms with E-state index in [1.165, 1.54) is 48.9 Å². The van der Waals surface area contributed by atoms with E-state index in [9.17, 15) is 22.4 Å². The molecular weight excluding hydrogens is 442 g/mol. The number of anilines is 1. The maximum absolute atomic E-state index is 14.1. The van der Waals surface area contributed by atoms with Gasteiger partial charge >= 0.3 is 6.36 Å². The third-order valence-corrected chi connectivity index (χ3v) is 4.73. The van der Waals surface area contributed by atoms with Gasteiger partial charge in [-0.3, -0.25) is 9.20 Å². The minimum Gasteiger partial charge on any atom is -0.494 e. The number of methoxy groups -OCH3 is 1. The second-order valence-electron chi connectivity index (χ2n) is 7.02. The van der Waals surface area contributed by atoms with Gasteiger partial charge in [-0.1, -0.05) is 6.07 Å². The van der Waals surface area contributed by atoms with Crippen LogP contribution in [0.15, 0.2) is 60.8 Å². The van der Waals surface area contributed by atoms with Crippen molar-refractivity contribution in [3.8, 4) is 34.0 Å². The molecule has 170 valence electrons. The Labute approximate surface area is 185 Å². The lowest BCUT2D eigenvalue weighted by Crippen LogP contribution is -2.16. The van der Waals surface area contributed by atoms with Crippen molar-refractivity contribution in [3.63, 3.8) is 0 Å². The number of hydrogen-bond acceptors (Lipinski definition) is 4. The lowest BCUT2D eigenvalue weighted by Gasteiger charge is -2.14. The second kappa shape index (κ2) is 8.45. The van der Waals surface area contributed by atoms with Crippen LogP contribution in [0.3, 0.4) is 0 Å². The molecule has 1 N–H and O–H groups in total. The SMILES string of the molecule is COc1c(NC(C)=O)cccc1-c1nc2ccc(F)cn2c1-c1ccc(OC(F)(F)F)cc1. The zero-order valence-corrected chi connectivity index (χ0v) is 17.4. The van der Waals surface area contributed by atoms with Crippen LogP contribution in [0.25, 0.3) is 28.2 Å². The molecule has 2 aromatic heterocycles. The second-order valence-corrected chi connectivity index (χ2v) is 7.02. The van der Waals surface area contributed by atoms with Crippen LogP contribution in [0.5, 0.6) is 11.5 Å². The van der Waals surface area contributed by atoms with Gasteiger partial charge in [0.25, 0.3) is 0 Å². The van der Waals surface area contributed by atoms with E-state index in [-0.39, 0.29) is 5.91 Å². The zero-order chi connectivity index (χ0) is 23.8. The normalized spacial score (nSPS) is 11.5. The minimum absolute atomic E-state index is 0.303. The molecule has 0 aliphatic heterocycles. The maximum atomic E-state index is 14.1. The van der Waals surface area contributed by atoms with Crippen LogP contribution in [0.2, 0.25) is 0 Å². The first kappa shape index (κ1) is 22.1. The van der Waals surface area contributed by atoms with Crippen molar-refractivity contribution in [2.24, 2.45) is 0 Å². The van der Waals surface area contributed by atoms with Crippen molar-refractivity contribution in [2.45, 2.75) is 13.3 Å². The number of amides is 1. The predicted octanol–water partition coefficient (Wildman–Crippen LogP) is 5.67. The molecular formula is C23H17F4N3O3. The molecule has 0 radical (unpaired) electrons. The van der Waals surface area contributed by atoms with Crippen molar-refractivity contribution >= 4 is 17.2 Å². The molecule has 10 heteroatoms. The summed E-state index contributed by atoms with van der Waals surface area (Å²) in [4.78, 5) is 16.2. The summed E-state index contributed by atoms with van der Waals surface area (Å²) in [6, 6.07) is 13.0. The minimum atomic E-state index is -4.82. The Hall–Kier alpha value is -4.08. The Morgan fingerprint density at radius 2 is 1.79 bits per heavy atom. The Morgan fingerprint density at radius 3 is 2.42 bits per heavy atom. The van der Waals surface area contributed by atoms with Crippen LogP contribution >= 0.6 is 0 Å². The van der Waals surface area contributed by atoms with Gasteiger partial charge in [-0.25, -0.2) is 9.37 Å². The number of pyridine rings is 1. The standard InChI is InChI=1S/C23H17F4N3O3/c1-13(31)28-18-5-3-4-17(22(18)32-2)20-21(30-12-15(24)8-11-19(30)29-20)14-6-9-16(10-7-14)33-23(25,26)27/h3-12H,1-2H3,(H,28,31). The van der Waals surface area contributed by atoms with Crippen molar-refractivity contribution in [1.82, 2.24) is 9.38 Å². The Kier molecular flexibility index (Phi) is 5.67. The molecule has 0 saturated heterocycles. The smallest absolute Gasteiger partial charge is 0.494 e. The molecule has 0 unspecified atom stereocenters. The topological polar surface area (TPSA) is 64.9 Å². The van der Waals surface area contributed by atoms with Gasteiger partial charge in [0.15, 0.2) is 5.75 Å². The van der Waals surface area contributed by atoms with E-state index in [1.54, 1.807) is 18.2 Å². The molecule has 33 heavy (non-hydrogen) atoms. The fourth-order valence-corrected chi connectivity index (χ4v) is 3.53. The maximum Gasteiger partial charge on any atom is 0.573 e. The van der Waals surface area contributed by atoms with Gasteiger partial charge in [-0.05, 0) is 48.5 Å². The van der Waals surface area contributed by atoms with Gasteiger partial charge in [0.1, 0.15) is 22.9 Å². The highest BCUT2D eigenvalue weighted by Crippen LogP contribution is 2.41. The first-order chi connectivity index (χ1) is 15.7. The number of ether oxygens (including phenoxy) is 2. The number of alkyl halides is 3. The van der Waals surface area contributed by atoms with E-state index in [4.69, 9.17) is 4.74 Å². The summed E-state index contributed by atoms with van der Waals surface area (Å²) < 4.78 is 62.7. The van der Waals surface area contributed by atoms with Crippen molar-refractivity contribution in [2.75, 3.05) is 12.4 Å². The highest BCUT2D eigenvalue weighted by molar-refractivity contribution is 5.94. The van der Waals surface area contributed by atoms with Crippen LogP contribution in [-0.2, 0) is 4.79 Å². The molecule has 2 heterocycles. The number of hydrogen-bond donors (Lipinski definition) is 1. The van der Waals surface area contributed by atoms with Crippen LogP contribution in [-0.4, -0.2) is 28.8 Å². The number of carbonyl (C=O) groups excluding carboxylic acids is 1. The number of imidazole rings is 1. The molecule has 0 aliphatic carbocycles. The molecule has 0 fully saturated rings. The van der Waals surface area contributed by atoms with Crippen molar-refractivity contribution in [3.05, 3.63) is 66.6 Å². The fraction of sp³-hybridized carbons (Fsp3) is 0.130. The van der Waals surface area contributed by atoms with Gasteiger partial charge in [0.05, 0.1) is 18.5 Å². The third-order valence-electron chi connectivity index (χ3n) is 4.73. The highest BCUT2D eigenvalue weighted by Gasteiger charge is 2.31. The monoisotopic (exact) mass is 459 g/mol. The van der Waals surface area contributed by atoms with Crippen molar-refractivity contribution in [1.29, 1.82) is 0 Å². The molecule has 6 nitrogen and oxygen atoms in total. The van der Waals surface area contributed by atoms with Gasteiger partial charge < -0.3 is 14.8 Å². The fourth-order valence-electron chi connectivity index (χ4n) is 3.53. The Bertz CT molecular complexity index is 1330. The Balaban J connectivity index is 1.93. The molecule has 0 bridgehead atoms. The summed E-state index contributed by atoms with van der Waals surface area (Å²) in [6.45, 7) is 1.36. The molecule has 1 amide bonds. The molecule has 0 aliphatic rings. The predicted molar refractivity (Wildman–Crippen MR) is 114 cm³/mol. The van der Waals surface area contributed by atoms with Crippen LogP contribution in [0.4, 0.5) is 23.2 Å². The summed E-state index contributed by atoms with van der Waals surface area (Å²) in [6.07, 6.45) is -3.60. The zero-order valence-electron chi connectivity index (χ0n) is 17.4. The quantitative estimate of drug-likeness (QED) is 0.391. The first-order valence-corrected chi connectivity index (χ1v) is 9.65. The summed E-state index contributed by atoms with van der Waals surface area (Å²) in [5.41, 5.74) is 2.58. The summed E-state index contributed by atoms with van der Waals surface area (Å²) in [5, 5.41) is 2.68. The van der Waals surface area contributed by atoms with Gasteiger partial charge in [-0.15, -0.1) is 13.2 Å². The van der Waals surface area contributed by atoms with E-state index in [1.807, 2.05) is 0 Å². The van der Waals surface area contributed by atoms with Gasteiger partial charge in [-0.2, -0.15) is 0 Å². The number of fused-ring (bicyclic) bond motifs is 1. The average Bonchev–Trinajstić information content (AvgIpc) is 3.11. The number of rotatable bonds is 5. The summed E-state index contributed by atoms with van der Waals surface area (Å²) in [7, 11) is 1.43. The summed E-state index contributed by atoms with van der Waals surface area (Å²) >= 11 is 0. The molecule has 2 aromatic carbocycles. The number of benzene rings is 2. The van der Waals surface area contributed by atoms with Gasteiger partial charge in [0.2, 0.25) is 5.91 Å². The molecule has 0 saturated carbocycles. The average molecular weight is 459 g/mol. The largest absolute Gasteiger partial charge is 0.573 e. The molecule has 4 rings (SSSR count). The van der Waals surface area contributed by atoms with E-state index >= 15 is 0 Å². The molecule has 0 atom stereocenters. The van der Waals surface area contributed by atoms with E-state index in [0.717, 1.165) is 12.1 Å². The molecule has 0 spiro atoms. The number of halogens is 4. The van der Waals surface area contributed by atoms with Crippen LogP contribution in [0.1, 0.15) is 6.92 Å². The number of aromatic nitrogens is 2. The van der Waals surface area contributed by atoms with E-state index < -0.39 is 17.9 Å². The molecule has 4 aromatic rings. The number of nitrogens with one attached hydrogen (secondary N) is 1. The lowest BCUT2D eigenvalue weighted by molar-refractivity contribution is -0.274. The van der Waals surface area contributed by atoms with Crippen LogP contribution < -0.4 is 14.8 Å². The van der Waals surface area contributed by atoms with E-state index in [0.29, 0.717) is 39.6 Å². The highest BCUT2D eigenvalue weighted by atomic mass is 19.4. The van der Waals surface area contributed by atoms with Crippen LogP contribution in [0, 0.1) is 5.82 Å². The number of para-hydroxylation sites is 1. The first-order valence-electron chi connectivity index (χ1n) is 9.65. The summed E-state index contributed by atoms with van der Waals surface area (Å²) in [5.74, 6) is -0.889. The van der Waals surface area contributed by atoms with E-state index in [2.05, 4.69) is 15.0 Å². The number of carbonyl (C=O) groups is 1. The van der Waals surface area contributed by atoms with Gasteiger partial charge in [0, 0.05) is 24.2 Å².